The van der Waals surface area contributed by atoms with E-state index in [1.165, 1.54) is 6.26 Å². The van der Waals surface area contributed by atoms with Crippen LogP contribution in [-0.4, -0.2) is 62.9 Å². The molecule has 0 aliphatic carbocycles. The van der Waals surface area contributed by atoms with E-state index in [4.69, 9.17) is 0 Å². The predicted molar refractivity (Wildman–Crippen MR) is 115 cm³/mol. The molecule has 0 aliphatic heterocycles. The third-order valence-corrected chi connectivity index (χ3v) is 5.30. The molecule has 1 atom stereocenters. The number of benzene rings is 1. The third-order valence-electron chi connectivity index (χ3n) is 4.32. The summed E-state index contributed by atoms with van der Waals surface area (Å²) in [7, 11) is -2.98. The Hall–Kier alpha value is -2.09. The van der Waals surface area contributed by atoms with Gasteiger partial charge in [0.05, 0.1) is 12.3 Å². The highest BCUT2D eigenvalue weighted by Gasteiger charge is 2.12. The molecule has 0 fully saturated rings. The molecule has 0 radical (unpaired) electrons. The largest absolute Gasteiger partial charge is 0.357 e. The van der Waals surface area contributed by atoms with Gasteiger partial charge in [-0.3, -0.25) is 4.79 Å². The number of carbonyl (C=O) groups excluding carboxylic acids is 1. The Morgan fingerprint density at radius 2 is 1.75 bits per heavy atom. The fourth-order valence-electron chi connectivity index (χ4n) is 2.63. The smallest absolute Gasteiger partial charge is 0.253 e. The molecule has 0 heterocycles. The molecule has 1 rings (SSSR count). The summed E-state index contributed by atoms with van der Waals surface area (Å²) in [6.45, 7) is 10.4. The maximum atomic E-state index is 12.4. The molecular weight excluding hydrogens is 376 g/mol. The number of guanidine groups is 1. The molecule has 8 heteroatoms. The van der Waals surface area contributed by atoms with Crippen molar-refractivity contribution in [2.45, 2.75) is 46.7 Å². The van der Waals surface area contributed by atoms with Gasteiger partial charge in [-0.15, -0.1) is 0 Å². The summed E-state index contributed by atoms with van der Waals surface area (Å²) in [6.07, 6.45) is 1.76. The minimum absolute atomic E-state index is 0.0124. The van der Waals surface area contributed by atoms with E-state index in [0.717, 1.165) is 5.56 Å². The summed E-state index contributed by atoms with van der Waals surface area (Å²) >= 11 is 0. The van der Waals surface area contributed by atoms with Crippen LogP contribution in [0.4, 0.5) is 0 Å². The van der Waals surface area contributed by atoms with E-state index in [-0.39, 0.29) is 17.7 Å². The van der Waals surface area contributed by atoms with Gasteiger partial charge in [0, 0.05) is 37.5 Å². The zero-order valence-corrected chi connectivity index (χ0v) is 18.5. The molecule has 0 spiro atoms. The van der Waals surface area contributed by atoms with Crippen molar-refractivity contribution >= 4 is 21.7 Å². The molecule has 0 aromatic heterocycles. The molecule has 1 unspecified atom stereocenters. The van der Waals surface area contributed by atoms with E-state index in [1.54, 1.807) is 4.90 Å². The van der Waals surface area contributed by atoms with Gasteiger partial charge >= 0.3 is 0 Å². The second-order valence-corrected chi connectivity index (χ2v) is 9.09. The van der Waals surface area contributed by atoms with Gasteiger partial charge in [-0.05, 0) is 51.8 Å². The molecule has 1 aromatic carbocycles. The maximum absolute atomic E-state index is 12.4. The topological polar surface area (TPSA) is 90.9 Å². The minimum Gasteiger partial charge on any atom is -0.357 e. The third kappa shape index (κ3) is 8.73. The highest BCUT2D eigenvalue weighted by molar-refractivity contribution is 7.90. The van der Waals surface area contributed by atoms with Gasteiger partial charge in [0.25, 0.3) is 5.91 Å². The van der Waals surface area contributed by atoms with Crippen molar-refractivity contribution < 1.29 is 13.2 Å². The molecule has 0 saturated carbocycles. The summed E-state index contributed by atoms with van der Waals surface area (Å²) in [5, 5.41) is 6.40. The first-order valence-corrected chi connectivity index (χ1v) is 11.9. The Balaban J connectivity index is 2.72. The van der Waals surface area contributed by atoms with Crippen LogP contribution < -0.4 is 10.6 Å². The van der Waals surface area contributed by atoms with Crippen LogP contribution in [0.25, 0.3) is 0 Å². The molecule has 158 valence electrons. The maximum Gasteiger partial charge on any atom is 0.253 e. The van der Waals surface area contributed by atoms with Gasteiger partial charge in [0.2, 0.25) is 0 Å². The lowest BCUT2D eigenvalue weighted by Gasteiger charge is -2.19. The standard InChI is InChI=1S/C20H34N4O3S/c1-6-21-20(23-16(4)13-14-28(5,26)27)22-15-17-9-11-18(12-10-17)19(25)24(7-2)8-3/h9-12,16H,6-8,13-15H2,1-5H3,(H2,21,22,23). The second-order valence-electron chi connectivity index (χ2n) is 6.83. The zero-order valence-electron chi connectivity index (χ0n) is 17.7. The van der Waals surface area contributed by atoms with E-state index in [2.05, 4.69) is 15.6 Å². The van der Waals surface area contributed by atoms with Gasteiger partial charge in [0.15, 0.2) is 5.96 Å². The number of nitrogens with zero attached hydrogens (tertiary/aromatic N) is 2. The monoisotopic (exact) mass is 410 g/mol. The lowest BCUT2D eigenvalue weighted by Crippen LogP contribution is -2.42. The first-order valence-electron chi connectivity index (χ1n) is 9.80. The average molecular weight is 411 g/mol. The van der Waals surface area contributed by atoms with Crippen molar-refractivity contribution in [1.29, 1.82) is 0 Å². The van der Waals surface area contributed by atoms with Crippen molar-refractivity contribution in [3.8, 4) is 0 Å². The van der Waals surface area contributed by atoms with Crippen LogP contribution in [0.2, 0.25) is 0 Å². The first-order chi connectivity index (χ1) is 13.2. The minimum atomic E-state index is -2.98. The zero-order chi connectivity index (χ0) is 21.2. The van der Waals surface area contributed by atoms with Crippen LogP contribution in [0.5, 0.6) is 0 Å². The van der Waals surface area contributed by atoms with Gasteiger partial charge in [-0.2, -0.15) is 0 Å². The highest BCUT2D eigenvalue weighted by Crippen LogP contribution is 2.09. The normalized spacial score (nSPS) is 13.1. The summed E-state index contributed by atoms with van der Waals surface area (Å²) in [4.78, 5) is 18.7. The summed E-state index contributed by atoms with van der Waals surface area (Å²) in [5.74, 6) is 0.823. The van der Waals surface area contributed by atoms with Crippen LogP contribution in [0.15, 0.2) is 29.3 Å². The van der Waals surface area contributed by atoms with E-state index < -0.39 is 9.84 Å². The van der Waals surface area contributed by atoms with Crippen molar-refractivity contribution in [3.63, 3.8) is 0 Å². The van der Waals surface area contributed by atoms with E-state index >= 15 is 0 Å². The number of amides is 1. The van der Waals surface area contributed by atoms with Gasteiger partial charge < -0.3 is 15.5 Å². The predicted octanol–water partition coefficient (Wildman–Crippen LogP) is 2.05. The van der Waals surface area contributed by atoms with Crippen LogP contribution >= 0.6 is 0 Å². The summed E-state index contributed by atoms with van der Waals surface area (Å²) in [6, 6.07) is 7.48. The lowest BCUT2D eigenvalue weighted by atomic mass is 10.1. The van der Waals surface area contributed by atoms with E-state index in [9.17, 15) is 13.2 Å². The Kier molecular flexibility index (Phi) is 9.99. The van der Waals surface area contributed by atoms with Crippen molar-refractivity contribution in [2.75, 3.05) is 31.6 Å². The number of carbonyl (C=O) groups is 1. The van der Waals surface area contributed by atoms with Gasteiger partial charge in [0.1, 0.15) is 9.84 Å². The van der Waals surface area contributed by atoms with Crippen LogP contribution in [0, 0.1) is 0 Å². The first kappa shape index (κ1) is 23.9. The highest BCUT2D eigenvalue weighted by atomic mass is 32.2. The summed E-state index contributed by atoms with van der Waals surface area (Å²) < 4.78 is 22.6. The Bertz CT molecular complexity index is 741. The number of rotatable bonds is 10. The number of nitrogens with one attached hydrogen (secondary N) is 2. The number of sulfone groups is 1. The van der Waals surface area contributed by atoms with Crippen molar-refractivity contribution in [2.24, 2.45) is 4.99 Å². The molecule has 7 nitrogen and oxygen atoms in total. The van der Waals surface area contributed by atoms with Crippen molar-refractivity contribution in [1.82, 2.24) is 15.5 Å². The number of aliphatic imine (C=N–C) groups is 1. The van der Waals surface area contributed by atoms with Gasteiger partial charge in [-0.25, -0.2) is 13.4 Å². The van der Waals surface area contributed by atoms with Crippen molar-refractivity contribution in [3.05, 3.63) is 35.4 Å². The Morgan fingerprint density at radius 3 is 2.25 bits per heavy atom. The van der Waals surface area contributed by atoms with E-state index in [0.29, 0.717) is 44.1 Å². The SMILES string of the molecule is CCNC(=NCc1ccc(C(=O)N(CC)CC)cc1)NC(C)CCS(C)(=O)=O. The Morgan fingerprint density at radius 1 is 1.14 bits per heavy atom. The number of hydrogen-bond acceptors (Lipinski definition) is 4. The molecule has 1 amide bonds. The molecule has 0 saturated heterocycles. The molecule has 0 aliphatic rings. The molecule has 28 heavy (non-hydrogen) atoms. The molecular formula is C20H34N4O3S. The average Bonchev–Trinajstić information content (AvgIpc) is 2.65. The fourth-order valence-corrected chi connectivity index (χ4v) is 3.41. The lowest BCUT2D eigenvalue weighted by molar-refractivity contribution is 0.0773. The molecule has 0 bridgehead atoms. The fraction of sp³-hybridized carbons (Fsp3) is 0.600. The molecule has 2 N–H and O–H groups in total. The Labute approximate surface area is 169 Å². The number of hydrogen-bond donors (Lipinski definition) is 2. The molecule has 1 aromatic rings. The van der Waals surface area contributed by atoms with Gasteiger partial charge in [-0.1, -0.05) is 12.1 Å². The quantitative estimate of drug-likeness (QED) is 0.455. The second kappa shape index (κ2) is 11.7. The van der Waals surface area contributed by atoms with Crippen LogP contribution in [0.3, 0.4) is 0 Å². The van der Waals surface area contributed by atoms with Crippen LogP contribution in [0.1, 0.15) is 50.0 Å². The van der Waals surface area contributed by atoms with E-state index in [1.807, 2.05) is 52.0 Å². The summed E-state index contributed by atoms with van der Waals surface area (Å²) in [5.41, 5.74) is 1.67. The van der Waals surface area contributed by atoms with Crippen LogP contribution in [-0.2, 0) is 16.4 Å².